The fourth-order valence-electron chi connectivity index (χ4n) is 2.28. The van der Waals surface area contributed by atoms with E-state index in [4.69, 9.17) is 0 Å². The molecule has 1 aliphatic rings. The normalized spacial score (nSPS) is 14.3. The van der Waals surface area contributed by atoms with E-state index in [0.29, 0.717) is 0 Å². The molecule has 0 spiro atoms. The Hall–Kier alpha value is -2.62. The van der Waals surface area contributed by atoms with Crippen LogP contribution in [-0.4, -0.2) is 20.3 Å². The third-order valence-corrected chi connectivity index (χ3v) is 3.44. The van der Waals surface area contributed by atoms with E-state index in [0.717, 1.165) is 28.1 Å². The van der Waals surface area contributed by atoms with Crippen molar-refractivity contribution in [2.24, 2.45) is 4.99 Å². The average molecular weight is 282 g/mol. The fraction of sp³-hybridized carbons (Fsp3) is 0.118. The summed E-state index contributed by atoms with van der Waals surface area (Å²) in [5, 5.41) is 0. The monoisotopic (exact) mass is 282 g/mol. The summed E-state index contributed by atoms with van der Waals surface area (Å²) in [6.07, 6.45) is 3.81. The van der Waals surface area contributed by atoms with Gasteiger partial charge in [0.05, 0.1) is 5.69 Å². The molecule has 0 amide bonds. The van der Waals surface area contributed by atoms with Crippen molar-refractivity contribution in [3.63, 3.8) is 0 Å². The fourth-order valence-corrected chi connectivity index (χ4v) is 2.28. The van der Waals surface area contributed by atoms with Crippen LogP contribution in [0.25, 0.3) is 11.6 Å². The van der Waals surface area contributed by atoms with Crippen LogP contribution >= 0.6 is 0 Å². The lowest BCUT2D eigenvalue weighted by Gasteiger charge is -2.12. The molecule has 0 saturated carbocycles. The zero-order chi connectivity index (χ0) is 14.8. The van der Waals surface area contributed by atoms with Gasteiger partial charge in [-0.3, -0.25) is 9.93 Å². The number of halogens is 1. The molecule has 1 aliphatic heterocycles. The predicted molar refractivity (Wildman–Crippen MR) is 85.0 cm³/mol. The van der Waals surface area contributed by atoms with Gasteiger partial charge in [0.1, 0.15) is 0 Å². The number of anilines is 1. The molecule has 0 bridgehead atoms. The van der Waals surface area contributed by atoms with Crippen LogP contribution in [0.15, 0.2) is 47.5 Å². The van der Waals surface area contributed by atoms with Gasteiger partial charge >= 0.3 is 0 Å². The van der Waals surface area contributed by atoms with Gasteiger partial charge in [-0.2, -0.15) is 0 Å². The van der Waals surface area contributed by atoms with Crippen molar-refractivity contribution in [2.45, 2.75) is 0 Å². The zero-order valence-electron chi connectivity index (χ0n) is 11.9. The first-order chi connectivity index (χ1) is 10.2. The van der Waals surface area contributed by atoms with Gasteiger partial charge in [-0.15, -0.1) is 0 Å². The summed E-state index contributed by atoms with van der Waals surface area (Å²) in [7, 11) is 4.01. The van der Waals surface area contributed by atoms with Crippen LogP contribution in [0.4, 0.5) is 15.9 Å². The topological polar surface area (TPSA) is 24.8 Å². The lowest BCUT2D eigenvalue weighted by atomic mass is 10.0. The Morgan fingerprint density at radius 1 is 1.10 bits per heavy atom. The number of allylic oxidation sites excluding steroid dienone is 1. The molecule has 21 heavy (non-hydrogen) atoms. The number of fused-ring (bicyclic) bond motifs is 1. The Labute approximate surface area is 122 Å². The highest BCUT2D eigenvalue weighted by Crippen LogP contribution is 2.35. The smallest absolute Gasteiger partial charge is 0.172 e. The molecule has 0 fully saturated rings. The molecule has 2 aromatic rings. The standard InChI is InChI=1S/C17H15FN2O/c1-20(2)14-5-3-12(4-6-14)9-13-11-19-17-8-7-15(21-18)10-16(13)17/h3-11H,1-2H3. The molecule has 0 aliphatic carbocycles. The van der Waals surface area contributed by atoms with Gasteiger partial charge in [0.25, 0.3) is 0 Å². The highest BCUT2D eigenvalue weighted by Gasteiger charge is 2.13. The van der Waals surface area contributed by atoms with Gasteiger partial charge in [0.2, 0.25) is 0 Å². The molecule has 0 unspecified atom stereocenters. The van der Waals surface area contributed by atoms with E-state index in [2.05, 4.69) is 22.1 Å². The average Bonchev–Trinajstić information content (AvgIpc) is 2.90. The Morgan fingerprint density at radius 2 is 1.86 bits per heavy atom. The first kappa shape index (κ1) is 13.4. The number of hydrogen-bond acceptors (Lipinski definition) is 3. The van der Waals surface area contributed by atoms with Gasteiger partial charge in [-0.1, -0.05) is 12.1 Å². The molecular weight excluding hydrogens is 267 g/mol. The number of hydrogen-bond donors (Lipinski definition) is 0. The molecule has 4 heteroatoms. The molecule has 0 atom stereocenters. The van der Waals surface area contributed by atoms with E-state index in [1.807, 2.05) is 37.2 Å². The molecule has 3 nitrogen and oxygen atoms in total. The minimum atomic E-state index is 0.188. The van der Waals surface area contributed by atoms with E-state index in [1.165, 1.54) is 0 Å². The second kappa shape index (κ2) is 5.40. The van der Waals surface area contributed by atoms with E-state index in [9.17, 15) is 4.53 Å². The molecule has 0 aromatic heterocycles. The number of nitrogens with zero attached hydrogens (tertiary/aromatic N) is 2. The van der Waals surface area contributed by atoms with Crippen molar-refractivity contribution in [1.82, 2.24) is 0 Å². The van der Waals surface area contributed by atoms with E-state index < -0.39 is 0 Å². The molecule has 3 rings (SSSR count). The number of aliphatic imine (C=N–C) groups is 1. The minimum Gasteiger partial charge on any atom is -0.378 e. The maximum Gasteiger partial charge on any atom is 0.172 e. The van der Waals surface area contributed by atoms with Gasteiger partial charge < -0.3 is 4.90 Å². The Kier molecular flexibility index (Phi) is 3.44. The zero-order valence-corrected chi connectivity index (χ0v) is 11.9. The van der Waals surface area contributed by atoms with Crippen molar-refractivity contribution in [3.8, 4) is 5.75 Å². The molecule has 0 saturated heterocycles. The van der Waals surface area contributed by atoms with Crippen molar-refractivity contribution in [3.05, 3.63) is 53.6 Å². The van der Waals surface area contributed by atoms with E-state index in [1.54, 1.807) is 24.4 Å². The SMILES string of the molecule is CN(C)c1ccc(C=C2C=Nc3ccc(OF)cc32)cc1. The van der Waals surface area contributed by atoms with Crippen LogP contribution < -0.4 is 9.84 Å². The van der Waals surface area contributed by atoms with E-state index >= 15 is 0 Å². The third kappa shape index (κ3) is 2.65. The lowest BCUT2D eigenvalue weighted by Crippen LogP contribution is -2.07. The summed E-state index contributed by atoms with van der Waals surface area (Å²) in [5.74, 6) is 0.188. The molecule has 0 radical (unpaired) electrons. The maximum atomic E-state index is 12.3. The second-order valence-electron chi connectivity index (χ2n) is 5.10. The second-order valence-corrected chi connectivity index (χ2v) is 5.10. The van der Waals surface area contributed by atoms with Crippen molar-refractivity contribution in [2.75, 3.05) is 19.0 Å². The summed E-state index contributed by atoms with van der Waals surface area (Å²) < 4.78 is 12.3. The first-order valence-electron chi connectivity index (χ1n) is 6.63. The summed E-state index contributed by atoms with van der Waals surface area (Å²) in [6.45, 7) is 0. The van der Waals surface area contributed by atoms with Crippen LogP contribution in [0.1, 0.15) is 11.1 Å². The summed E-state index contributed by atoms with van der Waals surface area (Å²) in [6, 6.07) is 13.2. The third-order valence-electron chi connectivity index (χ3n) is 3.44. The first-order valence-corrected chi connectivity index (χ1v) is 6.63. The van der Waals surface area contributed by atoms with Gasteiger partial charge in [0.15, 0.2) is 5.75 Å². The van der Waals surface area contributed by atoms with Gasteiger partial charge in [-0.05, 0) is 42.0 Å². The van der Waals surface area contributed by atoms with Crippen molar-refractivity contribution in [1.29, 1.82) is 0 Å². The molecule has 1 heterocycles. The van der Waals surface area contributed by atoms with Crippen LogP contribution in [0, 0.1) is 0 Å². The maximum absolute atomic E-state index is 12.3. The summed E-state index contributed by atoms with van der Waals surface area (Å²) in [4.78, 5) is 10.2. The van der Waals surface area contributed by atoms with Crippen LogP contribution in [-0.2, 0) is 0 Å². The van der Waals surface area contributed by atoms with Gasteiger partial charge in [0, 0.05) is 41.7 Å². The quantitative estimate of drug-likeness (QED) is 0.839. The number of rotatable bonds is 3. The van der Waals surface area contributed by atoms with Crippen molar-refractivity contribution < 1.29 is 9.47 Å². The predicted octanol–water partition coefficient (Wildman–Crippen LogP) is 4.27. The van der Waals surface area contributed by atoms with E-state index in [-0.39, 0.29) is 5.75 Å². The summed E-state index contributed by atoms with van der Waals surface area (Å²) >= 11 is 0. The molecule has 0 N–H and O–H groups in total. The highest BCUT2D eigenvalue weighted by atomic mass is 19.3. The Balaban J connectivity index is 1.94. The number of benzene rings is 2. The lowest BCUT2D eigenvalue weighted by molar-refractivity contribution is -0.00620. The highest BCUT2D eigenvalue weighted by molar-refractivity contribution is 6.21. The van der Waals surface area contributed by atoms with Crippen LogP contribution in [0.2, 0.25) is 0 Å². The van der Waals surface area contributed by atoms with Crippen molar-refractivity contribution >= 4 is 29.2 Å². The van der Waals surface area contributed by atoms with Crippen LogP contribution in [0.3, 0.4) is 0 Å². The minimum absolute atomic E-state index is 0.188. The largest absolute Gasteiger partial charge is 0.378 e. The van der Waals surface area contributed by atoms with Crippen LogP contribution in [0.5, 0.6) is 5.75 Å². The Morgan fingerprint density at radius 3 is 2.52 bits per heavy atom. The summed E-state index contributed by atoms with van der Waals surface area (Å²) in [5.41, 5.74) is 4.86. The Bertz CT molecular complexity index is 718. The molecular formula is C17H15FN2O. The van der Waals surface area contributed by atoms with Gasteiger partial charge in [-0.25, -0.2) is 0 Å². The molecule has 2 aromatic carbocycles. The molecule has 106 valence electrons.